The van der Waals surface area contributed by atoms with Gasteiger partial charge in [0.2, 0.25) is 0 Å². The number of halogens is 1. The van der Waals surface area contributed by atoms with Crippen molar-refractivity contribution in [3.8, 4) is 0 Å². The third-order valence-electron chi connectivity index (χ3n) is 3.74. The summed E-state index contributed by atoms with van der Waals surface area (Å²) in [4.78, 5) is 23.7. The SMILES string of the molecule is Cc1ccc(C(=O)OCCCn2c(=O)oc3ccccc32)cc1F. The number of aryl methyl sites for hydroxylation is 2. The van der Waals surface area contributed by atoms with Crippen LogP contribution in [-0.2, 0) is 11.3 Å². The number of aromatic nitrogens is 1. The van der Waals surface area contributed by atoms with E-state index in [1.165, 1.54) is 16.7 Å². The molecule has 0 saturated heterocycles. The Bertz CT molecular complexity index is 942. The Kier molecular flexibility index (Phi) is 4.46. The van der Waals surface area contributed by atoms with Gasteiger partial charge in [-0.15, -0.1) is 0 Å². The molecule has 0 fully saturated rings. The molecule has 0 amide bonds. The molecule has 0 aliphatic rings. The fraction of sp³-hybridized carbons (Fsp3) is 0.222. The molecule has 6 heteroatoms. The van der Waals surface area contributed by atoms with E-state index in [-0.39, 0.29) is 12.2 Å². The zero-order valence-corrected chi connectivity index (χ0v) is 13.1. The van der Waals surface area contributed by atoms with Crippen molar-refractivity contribution in [1.82, 2.24) is 4.57 Å². The van der Waals surface area contributed by atoms with Gasteiger partial charge < -0.3 is 9.15 Å². The molecule has 0 saturated carbocycles. The minimum atomic E-state index is -0.585. The summed E-state index contributed by atoms with van der Waals surface area (Å²) in [5, 5.41) is 0. The quantitative estimate of drug-likeness (QED) is 0.532. The first-order valence-electron chi connectivity index (χ1n) is 7.58. The van der Waals surface area contributed by atoms with Crippen LogP contribution in [-0.4, -0.2) is 17.1 Å². The van der Waals surface area contributed by atoms with Crippen LogP contribution in [0.15, 0.2) is 51.7 Å². The molecule has 0 aliphatic heterocycles. The Hall–Kier alpha value is -2.89. The molecule has 0 aliphatic carbocycles. The Labute approximate surface area is 137 Å². The number of oxazole rings is 1. The Morgan fingerprint density at radius 2 is 2.04 bits per heavy atom. The van der Waals surface area contributed by atoms with Gasteiger partial charge in [-0.3, -0.25) is 4.57 Å². The van der Waals surface area contributed by atoms with Crippen molar-refractivity contribution in [2.75, 3.05) is 6.61 Å². The van der Waals surface area contributed by atoms with Gasteiger partial charge in [-0.25, -0.2) is 14.0 Å². The highest BCUT2D eigenvalue weighted by molar-refractivity contribution is 5.89. The van der Waals surface area contributed by atoms with Crippen molar-refractivity contribution >= 4 is 17.1 Å². The number of fused-ring (bicyclic) bond motifs is 1. The molecule has 2 aromatic carbocycles. The predicted octanol–water partition coefficient (Wildman–Crippen LogP) is 3.29. The lowest BCUT2D eigenvalue weighted by atomic mass is 10.1. The van der Waals surface area contributed by atoms with Crippen molar-refractivity contribution in [3.05, 3.63) is 70.0 Å². The van der Waals surface area contributed by atoms with E-state index in [0.29, 0.717) is 29.6 Å². The van der Waals surface area contributed by atoms with E-state index in [1.807, 2.05) is 6.07 Å². The maximum absolute atomic E-state index is 13.5. The van der Waals surface area contributed by atoms with Gasteiger partial charge in [0.25, 0.3) is 0 Å². The normalized spacial score (nSPS) is 10.9. The van der Waals surface area contributed by atoms with Crippen molar-refractivity contribution in [3.63, 3.8) is 0 Å². The van der Waals surface area contributed by atoms with Gasteiger partial charge in [-0.2, -0.15) is 0 Å². The zero-order valence-electron chi connectivity index (χ0n) is 13.1. The summed E-state index contributed by atoms with van der Waals surface area (Å²) in [6.07, 6.45) is 0.448. The van der Waals surface area contributed by atoms with Gasteiger partial charge in [0.1, 0.15) is 5.82 Å². The van der Waals surface area contributed by atoms with Crippen LogP contribution in [0.5, 0.6) is 0 Å². The molecule has 24 heavy (non-hydrogen) atoms. The number of benzene rings is 2. The average Bonchev–Trinajstić information content (AvgIpc) is 2.89. The van der Waals surface area contributed by atoms with Crippen LogP contribution >= 0.6 is 0 Å². The number of hydrogen-bond acceptors (Lipinski definition) is 4. The lowest BCUT2D eigenvalue weighted by Crippen LogP contribution is -2.16. The topological polar surface area (TPSA) is 61.4 Å². The molecule has 124 valence electrons. The van der Waals surface area contributed by atoms with Crippen LogP contribution in [0.4, 0.5) is 4.39 Å². The number of carbonyl (C=O) groups is 1. The first-order valence-corrected chi connectivity index (χ1v) is 7.58. The number of carbonyl (C=O) groups excluding carboxylic acids is 1. The summed E-state index contributed by atoms with van der Waals surface area (Å²) in [5.41, 5.74) is 1.87. The number of rotatable bonds is 5. The predicted molar refractivity (Wildman–Crippen MR) is 86.5 cm³/mol. The Balaban J connectivity index is 1.58. The first-order chi connectivity index (χ1) is 11.6. The zero-order chi connectivity index (χ0) is 17.1. The number of nitrogens with zero attached hydrogens (tertiary/aromatic N) is 1. The number of ether oxygens (including phenoxy) is 1. The molecule has 1 aromatic heterocycles. The maximum Gasteiger partial charge on any atom is 0.419 e. The van der Waals surface area contributed by atoms with Gasteiger partial charge in [-0.05, 0) is 43.2 Å². The van der Waals surface area contributed by atoms with Crippen molar-refractivity contribution in [2.45, 2.75) is 19.9 Å². The van der Waals surface area contributed by atoms with Gasteiger partial charge in [-0.1, -0.05) is 18.2 Å². The highest BCUT2D eigenvalue weighted by atomic mass is 19.1. The Morgan fingerprint density at radius 1 is 1.25 bits per heavy atom. The summed E-state index contributed by atoms with van der Waals surface area (Å²) in [6, 6.07) is 11.3. The molecular weight excluding hydrogens is 313 g/mol. The second-order valence-corrected chi connectivity index (χ2v) is 5.44. The van der Waals surface area contributed by atoms with Gasteiger partial charge in [0.05, 0.1) is 17.7 Å². The molecule has 0 N–H and O–H groups in total. The fourth-order valence-electron chi connectivity index (χ4n) is 2.42. The van der Waals surface area contributed by atoms with E-state index >= 15 is 0 Å². The summed E-state index contributed by atoms with van der Waals surface area (Å²) < 4.78 is 25.2. The number of para-hydroxylation sites is 2. The molecule has 3 rings (SSSR count). The third-order valence-corrected chi connectivity index (χ3v) is 3.74. The number of esters is 1. The molecule has 0 atom stereocenters. The van der Waals surface area contributed by atoms with Crippen molar-refractivity contribution < 1.29 is 18.3 Å². The maximum atomic E-state index is 13.5. The minimum absolute atomic E-state index is 0.125. The van der Waals surface area contributed by atoms with Crippen molar-refractivity contribution in [1.29, 1.82) is 0 Å². The van der Waals surface area contributed by atoms with Crippen LogP contribution in [0.25, 0.3) is 11.1 Å². The van der Waals surface area contributed by atoms with Crippen LogP contribution in [0.3, 0.4) is 0 Å². The molecule has 0 radical (unpaired) electrons. The molecule has 0 spiro atoms. The van der Waals surface area contributed by atoms with E-state index in [2.05, 4.69) is 0 Å². The average molecular weight is 329 g/mol. The molecular formula is C18H16FNO4. The second kappa shape index (κ2) is 6.70. The Morgan fingerprint density at radius 3 is 2.83 bits per heavy atom. The summed E-state index contributed by atoms with van der Waals surface area (Å²) in [7, 11) is 0. The van der Waals surface area contributed by atoms with Crippen molar-refractivity contribution in [2.24, 2.45) is 0 Å². The number of hydrogen-bond donors (Lipinski definition) is 0. The van der Waals surface area contributed by atoms with Crippen LogP contribution in [0.2, 0.25) is 0 Å². The van der Waals surface area contributed by atoms with Gasteiger partial charge >= 0.3 is 11.7 Å². The summed E-state index contributed by atoms with van der Waals surface area (Å²) in [6.45, 7) is 2.11. The first kappa shape index (κ1) is 16.0. The summed E-state index contributed by atoms with van der Waals surface area (Å²) >= 11 is 0. The van der Waals surface area contributed by atoms with E-state index in [1.54, 1.807) is 25.1 Å². The summed E-state index contributed by atoms with van der Waals surface area (Å²) in [5.74, 6) is -1.47. The van der Waals surface area contributed by atoms with Gasteiger partial charge in [0, 0.05) is 6.54 Å². The van der Waals surface area contributed by atoms with E-state index in [4.69, 9.17) is 9.15 Å². The second-order valence-electron chi connectivity index (χ2n) is 5.44. The molecule has 1 heterocycles. The fourth-order valence-corrected chi connectivity index (χ4v) is 2.42. The molecule has 0 bridgehead atoms. The van der Waals surface area contributed by atoms with E-state index in [9.17, 15) is 14.0 Å². The highest BCUT2D eigenvalue weighted by Crippen LogP contribution is 2.13. The van der Waals surface area contributed by atoms with Crippen LogP contribution < -0.4 is 5.76 Å². The van der Waals surface area contributed by atoms with Crippen LogP contribution in [0.1, 0.15) is 22.3 Å². The molecule has 0 unspecified atom stereocenters. The van der Waals surface area contributed by atoms with Crippen LogP contribution in [0, 0.1) is 12.7 Å². The molecule has 5 nitrogen and oxygen atoms in total. The smallest absolute Gasteiger partial charge is 0.419 e. The van der Waals surface area contributed by atoms with Gasteiger partial charge in [0.15, 0.2) is 5.58 Å². The highest BCUT2D eigenvalue weighted by Gasteiger charge is 2.11. The molecule has 3 aromatic rings. The minimum Gasteiger partial charge on any atom is -0.462 e. The third kappa shape index (κ3) is 3.22. The largest absolute Gasteiger partial charge is 0.462 e. The lowest BCUT2D eigenvalue weighted by molar-refractivity contribution is 0.0495. The standard InChI is InChI=1S/C18H16FNO4/c1-12-7-8-13(11-14(12)19)17(21)23-10-4-9-20-15-5-2-3-6-16(15)24-18(20)22/h2-3,5-8,11H,4,9-10H2,1H3. The van der Waals surface area contributed by atoms with E-state index < -0.39 is 17.5 Å². The lowest BCUT2D eigenvalue weighted by Gasteiger charge is -2.06. The monoisotopic (exact) mass is 329 g/mol. The van der Waals surface area contributed by atoms with E-state index in [0.717, 1.165) is 6.07 Å².